The summed E-state index contributed by atoms with van der Waals surface area (Å²) >= 11 is 3.46. The van der Waals surface area contributed by atoms with Crippen molar-refractivity contribution in [1.82, 2.24) is 20.0 Å². The van der Waals surface area contributed by atoms with Crippen molar-refractivity contribution in [2.24, 2.45) is 0 Å². The van der Waals surface area contributed by atoms with Crippen LogP contribution in [0.4, 0.5) is 4.79 Å². The molecule has 3 amide bonds. The number of carbonyl (C=O) groups is 3. The van der Waals surface area contributed by atoms with Crippen molar-refractivity contribution in [2.45, 2.75) is 50.7 Å². The van der Waals surface area contributed by atoms with Gasteiger partial charge in [-0.1, -0.05) is 22.0 Å². The fraction of sp³-hybridized carbons (Fsp3) is 0.429. The van der Waals surface area contributed by atoms with Crippen LogP contribution in [0, 0.1) is 0 Å². The average molecular weight is 473 g/mol. The van der Waals surface area contributed by atoms with Gasteiger partial charge in [-0.3, -0.25) is 14.4 Å². The maximum absolute atomic E-state index is 13.5. The van der Waals surface area contributed by atoms with E-state index in [4.69, 9.17) is 4.74 Å². The van der Waals surface area contributed by atoms with Crippen LogP contribution in [0.1, 0.15) is 52.1 Å². The van der Waals surface area contributed by atoms with Crippen LogP contribution in [0.15, 0.2) is 22.7 Å². The number of hydrogen-bond donors (Lipinski definition) is 1. The van der Waals surface area contributed by atoms with Gasteiger partial charge >= 0.3 is 12.0 Å². The maximum Gasteiger partial charge on any atom is 0.341 e. The van der Waals surface area contributed by atoms with E-state index in [0.717, 1.165) is 40.6 Å². The summed E-state index contributed by atoms with van der Waals surface area (Å²) in [4.78, 5) is 40.0. The van der Waals surface area contributed by atoms with Gasteiger partial charge in [-0.15, -0.1) is 0 Å². The number of carbonyl (C=O) groups excluding carboxylic acids is 3. The molecule has 1 fully saturated rings. The molecule has 156 valence electrons. The van der Waals surface area contributed by atoms with E-state index in [1.165, 1.54) is 12.0 Å². The van der Waals surface area contributed by atoms with E-state index in [0.29, 0.717) is 30.6 Å². The van der Waals surface area contributed by atoms with Gasteiger partial charge in [-0.05, 0) is 55.4 Å². The van der Waals surface area contributed by atoms with Crippen LogP contribution < -0.4 is 5.32 Å². The Kier molecular flexibility index (Phi) is 4.46. The van der Waals surface area contributed by atoms with Crippen LogP contribution >= 0.6 is 15.9 Å². The zero-order valence-corrected chi connectivity index (χ0v) is 18.1. The van der Waals surface area contributed by atoms with Gasteiger partial charge in [0, 0.05) is 11.0 Å². The van der Waals surface area contributed by atoms with E-state index in [-0.39, 0.29) is 12.5 Å². The van der Waals surface area contributed by atoms with Gasteiger partial charge in [0.15, 0.2) is 0 Å². The van der Waals surface area contributed by atoms with Gasteiger partial charge in [-0.2, -0.15) is 5.10 Å². The van der Waals surface area contributed by atoms with Crippen molar-refractivity contribution in [2.75, 3.05) is 7.11 Å². The second kappa shape index (κ2) is 6.94. The second-order valence-corrected chi connectivity index (χ2v) is 8.88. The summed E-state index contributed by atoms with van der Waals surface area (Å²) in [5.74, 6) is -0.781. The fourth-order valence-corrected chi connectivity index (χ4v) is 5.25. The Hall–Kier alpha value is -2.68. The predicted molar refractivity (Wildman–Crippen MR) is 110 cm³/mol. The Balaban J connectivity index is 1.51. The highest BCUT2D eigenvalue weighted by molar-refractivity contribution is 9.10. The lowest BCUT2D eigenvalue weighted by Gasteiger charge is -2.22. The third-order valence-corrected chi connectivity index (χ3v) is 6.83. The van der Waals surface area contributed by atoms with Crippen LogP contribution in [-0.2, 0) is 41.0 Å². The van der Waals surface area contributed by atoms with E-state index in [9.17, 15) is 14.4 Å². The first kappa shape index (κ1) is 19.3. The van der Waals surface area contributed by atoms with Crippen LogP contribution in [0.5, 0.6) is 0 Å². The van der Waals surface area contributed by atoms with E-state index < -0.39 is 17.5 Å². The van der Waals surface area contributed by atoms with Gasteiger partial charge < -0.3 is 10.1 Å². The molecule has 9 heteroatoms. The molecule has 3 heterocycles. The molecule has 1 saturated heterocycles. The Morgan fingerprint density at radius 1 is 1.30 bits per heavy atom. The lowest BCUT2D eigenvalue weighted by Crippen LogP contribution is -2.41. The first-order chi connectivity index (χ1) is 14.4. The Morgan fingerprint density at radius 2 is 2.13 bits per heavy atom. The quantitative estimate of drug-likeness (QED) is 0.547. The van der Waals surface area contributed by atoms with E-state index in [1.807, 2.05) is 18.2 Å². The summed E-state index contributed by atoms with van der Waals surface area (Å²) in [5.41, 5.74) is 2.44. The van der Waals surface area contributed by atoms with Crippen molar-refractivity contribution in [3.8, 4) is 0 Å². The molecular formula is C21H21BrN4O4. The summed E-state index contributed by atoms with van der Waals surface area (Å²) in [6.45, 7) is 0.658. The molecule has 2 aromatic rings. The molecule has 1 unspecified atom stereocenters. The predicted octanol–water partition coefficient (Wildman–Crippen LogP) is 2.66. The number of nitrogens with zero attached hydrogens (tertiary/aromatic N) is 3. The Morgan fingerprint density at radius 3 is 2.93 bits per heavy atom. The minimum atomic E-state index is -1.05. The molecule has 1 N–H and O–H groups in total. The highest BCUT2D eigenvalue weighted by Crippen LogP contribution is 2.43. The molecular weight excluding hydrogens is 452 g/mol. The summed E-state index contributed by atoms with van der Waals surface area (Å²) in [6, 6.07) is 5.36. The maximum atomic E-state index is 13.5. The van der Waals surface area contributed by atoms with Crippen LogP contribution in [-0.4, -0.2) is 39.7 Å². The number of aromatic nitrogens is 2. The Labute approximate surface area is 181 Å². The number of ether oxygens (including phenoxy) is 1. The zero-order chi connectivity index (χ0) is 21.0. The van der Waals surface area contributed by atoms with Crippen molar-refractivity contribution < 1.29 is 19.1 Å². The molecule has 30 heavy (non-hydrogen) atoms. The standard InChI is InChI=1S/C21H21BrN4O4/c1-30-18(27)17-15(24-26-9-3-2-4-16(17)26)11-25-19(28)21(23-20(25)29)8-7-12-5-6-13(22)10-14(12)21/h5-6,10H,2-4,7-9,11H2,1H3,(H,23,29). The largest absolute Gasteiger partial charge is 0.465 e. The van der Waals surface area contributed by atoms with E-state index in [2.05, 4.69) is 26.3 Å². The minimum Gasteiger partial charge on any atom is -0.465 e. The monoisotopic (exact) mass is 472 g/mol. The van der Waals surface area contributed by atoms with Gasteiger partial charge in [0.1, 0.15) is 11.1 Å². The zero-order valence-electron chi connectivity index (χ0n) is 16.5. The number of hydrogen-bond acceptors (Lipinski definition) is 5. The van der Waals surface area contributed by atoms with Gasteiger partial charge in [-0.25, -0.2) is 9.59 Å². The smallest absolute Gasteiger partial charge is 0.341 e. The molecule has 0 radical (unpaired) electrons. The van der Waals surface area contributed by atoms with Gasteiger partial charge in [0.25, 0.3) is 5.91 Å². The van der Waals surface area contributed by atoms with Crippen LogP contribution in [0.2, 0.25) is 0 Å². The highest BCUT2D eigenvalue weighted by Gasteiger charge is 2.55. The summed E-state index contributed by atoms with van der Waals surface area (Å²) in [7, 11) is 1.33. The summed E-state index contributed by atoms with van der Waals surface area (Å²) < 4.78 is 7.64. The van der Waals surface area contributed by atoms with E-state index in [1.54, 1.807) is 4.68 Å². The molecule has 0 bridgehead atoms. The van der Waals surface area contributed by atoms with Crippen molar-refractivity contribution >= 4 is 33.8 Å². The molecule has 1 aromatic heterocycles. The lowest BCUT2D eigenvalue weighted by molar-refractivity contribution is -0.132. The number of imide groups is 1. The number of urea groups is 1. The number of halogens is 1. The highest BCUT2D eigenvalue weighted by atomic mass is 79.9. The third-order valence-electron chi connectivity index (χ3n) is 6.34. The second-order valence-electron chi connectivity index (χ2n) is 7.97. The molecule has 3 aliphatic rings. The summed E-state index contributed by atoms with van der Waals surface area (Å²) in [5, 5.41) is 7.48. The topological polar surface area (TPSA) is 93.5 Å². The minimum absolute atomic E-state index is 0.0554. The van der Waals surface area contributed by atoms with E-state index >= 15 is 0 Å². The normalized spacial score (nSPS) is 22.3. The lowest BCUT2D eigenvalue weighted by atomic mass is 9.92. The molecule has 5 rings (SSSR count). The number of amides is 3. The average Bonchev–Trinajstić information content (AvgIpc) is 3.36. The number of esters is 1. The van der Waals surface area contributed by atoms with Gasteiger partial charge in [0.05, 0.1) is 25.0 Å². The molecule has 1 aromatic carbocycles. The van der Waals surface area contributed by atoms with Crippen molar-refractivity contribution in [3.63, 3.8) is 0 Å². The number of methoxy groups -OCH3 is 1. The van der Waals surface area contributed by atoms with Crippen molar-refractivity contribution in [1.29, 1.82) is 0 Å². The first-order valence-electron chi connectivity index (χ1n) is 10.0. The number of benzene rings is 1. The molecule has 8 nitrogen and oxygen atoms in total. The first-order valence-corrected chi connectivity index (χ1v) is 10.8. The summed E-state index contributed by atoms with van der Waals surface area (Å²) in [6.07, 6.45) is 3.90. The number of fused-ring (bicyclic) bond motifs is 3. The van der Waals surface area contributed by atoms with Crippen molar-refractivity contribution in [3.05, 3.63) is 50.8 Å². The Bertz CT molecular complexity index is 1090. The molecule has 1 aliphatic carbocycles. The SMILES string of the molecule is COC(=O)c1c(CN2C(=O)NC3(CCc4ccc(Br)cc43)C2=O)nn2c1CCCC2. The molecule has 1 spiro atoms. The number of aryl methyl sites for hydroxylation is 2. The molecule has 2 aliphatic heterocycles. The van der Waals surface area contributed by atoms with Crippen LogP contribution in [0.25, 0.3) is 0 Å². The third kappa shape index (κ3) is 2.71. The molecule has 0 saturated carbocycles. The number of rotatable bonds is 3. The van der Waals surface area contributed by atoms with Gasteiger partial charge in [0.2, 0.25) is 0 Å². The van der Waals surface area contributed by atoms with Crippen LogP contribution in [0.3, 0.4) is 0 Å². The fourth-order valence-electron chi connectivity index (χ4n) is 4.89. The number of nitrogens with one attached hydrogen (secondary N) is 1. The molecule has 1 atom stereocenters.